The molecule has 1 N–H and O–H groups in total. The van der Waals surface area contributed by atoms with E-state index in [1.54, 1.807) is 16.8 Å². The molecule has 0 fully saturated rings. The van der Waals surface area contributed by atoms with E-state index in [0.717, 1.165) is 11.3 Å². The van der Waals surface area contributed by atoms with Crippen molar-refractivity contribution in [3.8, 4) is 17.1 Å². The number of rotatable bonds is 6. The highest BCUT2D eigenvalue weighted by atomic mass is 35.5. The SMILES string of the molecule is O=C(COC(=O)c1nc(-c2ccccc2)n(-c2ccccc2)n1)Nc1cc(Cl)ccc1Cl. The second-order valence-electron chi connectivity index (χ2n) is 6.62. The molecule has 1 heterocycles. The molecular formula is C23H16Cl2N4O3. The summed E-state index contributed by atoms with van der Waals surface area (Å²) in [5, 5.41) is 7.57. The third-order valence-electron chi connectivity index (χ3n) is 4.36. The van der Waals surface area contributed by atoms with Crippen LogP contribution in [0.4, 0.5) is 5.69 Å². The molecule has 3 aromatic carbocycles. The number of halogens is 2. The molecule has 0 saturated carbocycles. The van der Waals surface area contributed by atoms with E-state index in [1.165, 1.54) is 6.07 Å². The number of para-hydroxylation sites is 1. The van der Waals surface area contributed by atoms with E-state index in [0.29, 0.717) is 21.6 Å². The van der Waals surface area contributed by atoms with E-state index < -0.39 is 18.5 Å². The van der Waals surface area contributed by atoms with Crippen molar-refractivity contribution in [1.82, 2.24) is 14.8 Å². The predicted molar refractivity (Wildman–Crippen MR) is 122 cm³/mol. The Morgan fingerprint density at radius 1 is 0.938 bits per heavy atom. The Labute approximate surface area is 193 Å². The lowest BCUT2D eigenvalue weighted by Crippen LogP contribution is -2.21. The van der Waals surface area contributed by atoms with Crippen molar-refractivity contribution in [3.63, 3.8) is 0 Å². The molecule has 0 aliphatic rings. The van der Waals surface area contributed by atoms with E-state index in [9.17, 15) is 9.59 Å². The van der Waals surface area contributed by atoms with Crippen LogP contribution in [0.15, 0.2) is 78.9 Å². The first-order valence-corrected chi connectivity index (χ1v) is 10.3. The van der Waals surface area contributed by atoms with E-state index in [4.69, 9.17) is 27.9 Å². The van der Waals surface area contributed by atoms with Crippen molar-refractivity contribution in [3.05, 3.63) is 94.7 Å². The van der Waals surface area contributed by atoms with Gasteiger partial charge in [0.1, 0.15) is 0 Å². The van der Waals surface area contributed by atoms with Crippen LogP contribution in [0.1, 0.15) is 10.6 Å². The molecule has 1 aromatic heterocycles. The average molecular weight is 467 g/mol. The van der Waals surface area contributed by atoms with Gasteiger partial charge in [-0.05, 0) is 30.3 Å². The van der Waals surface area contributed by atoms with Crippen molar-refractivity contribution in [2.75, 3.05) is 11.9 Å². The molecule has 0 unspecified atom stereocenters. The molecule has 0 aliphatic heterocycles. The maximum Gasteiger partial charge on any atom is 0.378 e. The summed E-state index contributed by atoms with van der Waals surface area (Å²) in [6.45, 7) is -0.539. The Kier molecular flexibility index (Phi) is 6.49. The van der Waals surface area contributed by atoms with Crippen LogP contribution in [-0.2, 0) is 9.53 Å². The molecule has 4 rings (SSSR count). The van der Waals surface area contributed by atoms with Crippen LogP contribution in [-0.4, -0.2) is 33.2 Å². The maximum atomic E-state index is 12.6. The Hall–Kier alpha value is -3.68. The third-order valence-corrected chi connectivity index (χ3v) is 4.92. The van der Waals surface area contributed by atoms with E-state index >= 15 is 0 Å². The fraction of sp³-hybridized carbons (Fsp3) is 0.0435. The number of hydrogen-bond acceptors (Lipinski definition) is 5. The van der Waals surface area contributed by atoms with Crippen LogP contribution < -0.4 is 5.32 Å². The van der Waals surface area contributed by atoms with E-state index in [1.807, 2.05) is 60.7 Å². The number of benzene rings is 3. The van der Waals surface area contributed by atoms with Gasteiger partial charge in [0, 0.05) is 10.6 Å². The lowest BCUT2D eigenvalue weighted by molar-refractivity contribution is -0.119. The first-order valence-electron chi connectivity index (χ1n) is 9.51. The second-order valence-corrected chi connectivity index (χ2v) is 7.46. The van der Waals surface area contributed by atoms with Crippen LogP contribution in [0, 0.1) is 0 Å². The molecule has 1 amide bonds. The minimum absolute atomic E-state index is 0.165. The van der Waals surface area contributed by atoms with Crippen molar-refractivity contribution < 1.29 is 14.3 Å². The summed E-state index contributed by atoms with van der Waals surface area (Å²) in [5.74, 6) is -1.10. The molecule has 32 heavy (non-hydrogen) atoms. The summed E-state index contributed by atoms with van der Waals surface area (Å²) in [6, 6.07) is 23.3. The fourth-order valence-corrected chi connectivity index (χ4v) is 3.23. The highest BCUT2D eigenvalue weighted by Gasteiger charge is 2.21. The number of amides is 1. The zero-order chi connectivity index (χ0) is 22.5. The first kappa shape index (κ1) is 21.5. The van der Waals surface area contributed by atoms with E-state index in [-0.39, 0.29) is 5.82 Å². The topological polar surface area (TPSA) is 86.1 Å². The summed E-state index contributed by atoms with van der Waals surface area (Å²) < 4.78 is 6.66. The highest BCUT2D eigenvalue weighted by Crippen LogP contribution is 2.25. The second kappa shape index (κ2) is 9.64. The number of anilines is 1. The van der Waals surface area contributed by atoms with Gasteiger partial charge in [0.15, 0.2) is 12.4 Å². The lowest BCUT2D eigenvalue weighted by atomic mass is 10.2. The molecule has 0 atom stereocenters. The van der Waals surface area contributed by atoms with Gasteiger partial charge in [0.2, 0.25) is 0 Å². The minimum Gasteiger partial charge on any atom is -0.450 e. The minimum atomic E-state index is -0.829. The highest BCUT2D eigenvalue weighted by molar-refractivity contribution is 6.35. The van der Waals surface area contributed by atoms with Crippen molar-refractivity contribution >= 4 is 40.8 Å². The summed E-state index contributed by atoms with van der Waals surface area (Å²) in [5.41, 5.74) is 1.82. The Morgan fingerprint density at radius 3 is 2.34 bits per heavy atom. The van der Waals surface area contributed by atoms with Gasteiger partial charge in [0.05, 0.1) is 16.4 Å². The first-order chi connectivity index (χ1) is 15.5. The summed E-state index contributed by atoms with van der Waals surface area (Å²) in [6.07, 6.45) is 0. The van der Waals surface area contributed by atoms with Gasteiger partial charge >= 0.3 is 5.97 Å². The van der Waals surface area contributed by atoms with Crippen molar-refractivity contribution in [2.45, 2.75) is 0 Å². The monoisotopic (exact) mass is 466 g/mol. The molecule has 0 bridgehead atoms. The molecule has 7 nitrogen and oxygen atoms in total. The number of nitrogens with one attached hydrogen (secondary N) is 1. The van der Waals surface area contributed by atoms with Gasteiger partial charge in [-0.1, -0.05) is 71.7 Å². The van der Waals surface area contributed by atoms with Crippen LogP contribution in [0.5, 0.6) is 0 Å². The number of nitrogens with zero attached hydrogens (tertiary/aromatic N) is 3. The molecule has 0 aliphatic carbocycles. The molecule has 4 aromatic rings. The molecule has 9 heteroatoms. The lowest BCUT2D eigenvalue weighted by Gasteiger charge is -2.07. The van der Waals surface area contributed by atoms with Crippen LogP contribution in [0.2, 0.25) is 10.0 Å². The van der Waals surface area contributed by atoms with Gasteiger partial charge in [-0.25, -0.2) is 14.5 Å². The molecule has 0 saturated heterocycles. The Balaban J connectivity index is 1.52. The van der Waals surface area contributed by atoms with Gasteiger partial charge in [-0.3, -0.25) is 4.79 Å². The van der Waals surface area contributed by atoms with Crippen LogP contribution >= 0.6 is 23.2 Å². The number of aromatic nitrogens is 3. The van der Waals surface area contributed by atoms with Crippen LogP contribution in [0.25, 0.3) is 17.1 Å². The normalized spacial score (nSPS) is 10.6. The largest absolute Gasteiger partial charge is 0.450 e. The van der Waals surface area contributed by atoms with Gasteiger partial charge in [-0.2, -0.15) is 0 Å². The molecule has 160 valence electrons. The third kappa shape index (κ3) is 4.96. The Morgan fingerprint density at radius 2 is 1.62 bits per heavy atom. The fourth-order valence-electron chi connectivity index (χ4n) is 2.90. The van der Waals surface area contributed by atoms with Gasteiger partial charge in [-0.15, -0.1) is 5.10 Å². The summed E-state index contributed by atoms with van der Waals surface area (Å²) in [7, 11) is 0. The zero-order valence-corrected chi connectivity index (χ0v) is 18.0. The summed E-state index contributed by atoms with van der Waals surface area (Å²) in [4.78, 5) is 29.1. The molecule has 0 spiro atoms. The quantitative estimate of drug-likeness (QED) is 0.402. The average Bonchev–Trinajstić information content (AvgIpc) is 3.27. The number of ether oxygens (including phenoxy) is 1. The number of esters is 1. The van der Waals surface area contributed by atoms with E-state index in [2.05, 4.69) is 15.4 Å². The molecule has 0 radical (unpaired) electrons. The van der Waals surface area contributed by atoms with Crippen LogP contribution in [0.3, 0.4) is 0 Å². The molecular weight excluding hydrogens is 451 g/mol. The number of carbonyl (C=O) groups excluding carboxylic acids is 2. The standard InChI is InChI=1S/C23H16Cl2N4O3/c24-16-11-12-18(25)19(13-16)26-20(30)14-32-23(31)21-27-22(15-7-3-1-4-8-15)29(28-21)17-9-5-2-6-10-17/h1-13H,14H2,(H,26,30). The predicted octanol–water partition coefficient (Wildman–Crippen LogP) is 5.04. The van der Waals surface area contributed by atoms with Crippen molar-refractivity contribution in [1.29, 1.82) is 0 Å². The van der Waals surface area contributed by atoms with Crippen molar-refractivity contribution in [2.24, 2.45) is 0 Å². The Bertz CT molecular complexity index is 1200. The van der Waals surface area contributed by atoms with Gasteiger partial charge < -0.3 is 10.1 Å². The van der Waals surface area contributed by atoms with Gasteiger partial charge in [0.25, 0.3) is 11.7 Å². The number of hydrogen-bond donors (Lipinski definition) is 1. The maximum absolute atomic E-state index is 12.6. The zero-order valence-electron chi connectivity index (χ0n) is 16.5. The smallest absolute Gasteiger partial charge is 0.378 e. The summed E-state index contributed by atoms with van der Waals surface area (Å²) >= 11 is 11.9. The number of carbonyl (C=O) groups is 2.